The van der Waals surface area contributed by atoms with Crippen molar-refractivity contribution < 1.29 is 14.4 Å². The smallest absolute Gasteiger partial charge is 0.270 e. The zero-order chi connectivity index (χ0) is 19.9. The maximum Gasteiger partial charge on any atom is 0.270 e. The number of hydrogen-bond acceptors (Lipinski definition) is 5. The van der Waals surface area contributed by atoms with Gasteiger partial charge in [-0.15, -0.1) is 0 Å². The predicted octanol–water partition coefficient (Wildman–Crippen LogP) is 0.872. The summed E-state index contributed by atoms with van der Waals surface area (Å²) in [4.78, 5) is 40.1. The minimum atomic E-state index is -0.135. The summed E-state index contributed by atoms with van der Waals surface area (Å²) in [6, 6.07) is 0.496. The quantitative estimate of drug-likeness (QED) is 0.673. The second kappa shape index (κ2) is 10.0. The molecule has 2 fully saturated rings. The number of hydrazone groups is 1. The van der Waals surface area contributed by atoms with Crippen LogP contribution in [0.3, 0.4) is 0 Å². The SMILES string of the molecule is CCN1CCC[C@H]1CNC(=O)CCC1CCN(C(=O)C2=NNC(=O)CC2)CC1. The molecule has 3 aliphatic heterocycles. The minimum Gasteiger partial charge on any atom is -0.355 e. The maximum atomic E-state index is 12.5. The molecule has 0 radical (unpaired) electrons. The number of amides is 3. The first kappa shape index (κ1) is 20.8. The van der Waals surface area contributed by atoms with E-state index in [9.17, 15) is 14.4 Å². The molecule has 156 valence electrons. The number of rotatable bonds is 7. The molecule has 3 aliphatic rings. The van der Waals surface area contributed by atoms with E-state index in [-0.39, 0.29) is 17.7 Å². The summed E-state index contributed by atoms with van der Waals surface area (Å²) in [5.74, 6) is 0.437. The number of piperidine rings is 1. The summed E-state index contributed by atoms with van der Waals surface area (Å²) >= 11 is 0. The van der Waals surface area contributed by atoms with Gasteiger partial charge in [0.15, 0.2) is 0 Å². The molecule has 0 unspecified atom stereocenters. The molecule has 3 heterocycles. The van der Waals surface area contributed by atoms with Crippen LogP contribution in [0.5, 0.6) is 0 Å². The van der Waals surface area contributed by atoms with E-state index in [4.69, 9.17) is 0 Å². The Morgan fingerprint density at radius 1 is 1.18 bits per heavy atom. The lowest BCUT2D eigenvalue weighted by molar-refractivity contribution is -0.126. The lowest BCUT2D eigenvalue weighted by Gasteiger charge is -2.32. The first-order valence-electron chi connectivity index (χ1n) is 10.7. The molecule has 0 aromatic rings. The summed E-state index contributed by atoms with van der Waals surface area (Å²) < 4.78 is 0. The first-order valence-corrected chi connectivity index (χ1v) is 10.7. The third-order valence-electron chi connectivity index (χ3n) is 6.27. The van der Waals surface area contributed by atoms with Gasteiger partial charge in [0, 0.05) is 44.9 Å². The standard InChI is InChI=1S/C20H33N5O3/c1-2-24-11-3-4-16(24)14-21-18(26)7-5-15-9-12-25(13-10-15)20(28)17-6-8-19(27)23-22-17/h15-16H,2-14H2,1H3,(H,21,26)(H,23,27)/t16-/m0/s1. The fourth-order valence-corrected chi connectivity index (χ4v) is 4.43. The Hall–Kier alpha value is -1.96. The highest BCUT2D eigenvalue weighted by atomic mass is 16.2. The number of nitrogens with one attached hydrogen (secondary N) is 2. The van der Waals surface area contributed by atoms with Gasteiger partial charge >= 0.3 is 0 Å². The molecule has 0 aliphatic carbocycles. The number of carbonyl (C=O) groups is 3. The van der Waals surface area contributed by atoms with Crippen LogP contribution in [-0.2, 0) is 14.4 Å². The van der Waals surface area contributed by atoms with Gasteiger partial charge in [-0.3, -0.25) is 19.3 Å². The Morgan fingerprint density at radius 3 is 2.64 bits per heavy atom. The van der Waals surface area contributed by atoms with Crippen LogP contribution in [0, 0.1) is 5.92 Å². The number of hydrogen-bond donors (Lipinski definition) is 2. The van der Waals surface area contributed by atoms with E-state index in [1.165, 1.54) is 12.8 Å². The van der Waals surface area contributed by atoms with Gasteiger partial charge in [-0.05, 0) is 51.1 Å². The van der Waals surface area contributed by atoms with E-state index < -0.39 is 0 Å². The summed E-state index contributed by atoms with van der Waals surface area (Å²) in [6.07, 6.45) is 6.44. The second-order valence-electron chi connectivity index (χ2n) is 8.10. The topological polar surface area (TPSA) is 94.1 Å². The van der Waals surface area contributed by atoms with Gasteiger partial charge in [0.2, 0.25) is 11.8 Å². The number of likely N-dealkylation sites (tertiary alicyclic amines) is 2. The molecular weight excluding hydrogens is 358 g/mol. The van der Waals surface area contributed by atoms with Crippen molar-refractivity contribution in [3.05, 3.63) is 0 Å². The largest absolute Gasteiger partial charge is 0.355 e. The van der Waals surface area contributed by atoms with Gasteiger partial charge in [0.25, 0.3) is 5.91 Å². The van der Waals surface area contributed by atoms with E-state index in [0.717, 1.165) is 38.9 Å². The molecule has 0 aromatic carbocycles. The van der Waals surface area contributed by atoms with Gasteiger partial charge in [0.05, 0.1) is 0 Å². The summed E-state index contributed by atoms with van der Waals surface area (Å²) in [5.41, 5.74) is 2.84. The molecule has 3 amide bonds. The molecular formula is C20H33N5O3. The third kappa shape index (κ3) is 5.53. The van der Waals surface area contributed by atoms with E-state index in [1.807, 2.05) is 4.90 Å². The molecule has 8 heteroatoms. The fourth-order valence-electron chi connectivity index (χ4n) is 4.43. The van der Waals surface area contributed by atoms with Crippen molar-refractivity contribution in [3.8, 4) is 0 Å². The van der Waals surface area contributed by atoms with Crippen molar-refractivity contribution in [1.82, 2.24) is 20.5 Å². The predicted molar refractivity (Wildman–Crippen MR) is 107 cm³/mol. The van der Waals surface area contributed by atoms with Crippen molar-refractivity contribution >= 4 is 23.4 Å². The molecule has 0 saturated carbocycles. The molecule has 8 nitrogen and oxygen atoms in total. The highest BCUT2D eigenvalue weighted by Crippen LogP contribution is 2.23. The highest BCUT2D eigenvalue weighted by Gasteiger charge is 2.28. The molecule has 2 N–H and O–H groups in total. The van der Waals surface area contributed by atoms with Gasteiger partial charge in [0.1, 0.15) is 5.71 Å². The first-order chi connectivity index (χ1) is 13.6. The van der Waals surface area contributed by atoms with Gasteiger partial charge in [-0.1, -0.05) is 6.92 Å². The highest BCUT2D eigenvalue weighted by molar-refractivity contribution is 6.39. The molecule has 0 aromatic heterocycles. The third-order valence-corrected chi connectivity index (χ3v) is 6.27. The normalized spacial score (nSPS) is 24.0. The monoisotopic (exact) mass is 391 g/mol. The lowest BCUT2D eigenvalue weighted by atomic mass is 9.91. The fraction of sp³-hybridized carbons (Fsp3) is 0.800. The Kier molecular flexibility index (Phi) is 7.42. The van der Waals surface area contributed by atoms with Crippen molar-refractivity contribution in [2.75, 3.05) is 32.7 Å². The molecule has 0 bridgehead atoms. The Balaban J connectivity index is 1.32. The number of carbonyl (C=O) groups excluding carboxylic acids is 3. The van der Waals surface area contributed by atoms with Crippen LogP contribution in [-0.4, -0.2) is 72.0 Å². The maximum absolute atomic E-state index is 12.5. The van der Waals surface area contributed by atoms with Gasteiger partial charge in [-0.2, -0.15) is 5.10 Å². The van der Waals surface area contributed by atoms with Crippen molar-refractivity contribution in [2.45, 2.75) is 64.3 Å². The lowest BCUT2D eigenvalue weighted by Crippen LogP contribution is -2.44. The van der Waals surface area contributed by atoms with Crippen LogP contribution >= 0.6 is 0 Å². The van der Waals surface area contributed by atoms with E-state index in [0.29, 0.717) is 50.0 Å². The summed E-state index contributed by atoms with van der Waals surface area (Å²) in [5, 5.41) is 7.00. The van der Waals surface area contributed by atoms with Crippen molar-refractivity contribution in [2.24, 2.45) is 11.0 Å². The molecule has 0 spiro atoms. The Morgan fingerprint density at radius 2 is 1.96 bits per heavy atom. The summed E-state index contributed by atoms with van der Waals surface area (Å²) in [7, 11) is 0. The summed E-state index contributed by atoms with van der Waals surface area (Å²) in [6.45, 7) is 6.54. The zero-order valence-corrected chi connectivity index (χ0v) is 16.9. The van der Waals surface area contributed by atoms with Crippen molar-refractivity contribution in [3.63, 3.8) is 0 Å². The Labute approximate surface area is 167 Å². The van der Waals surface area contributed by atoms with Gasteiger partial charge < -0.3 is 10.2 Å². The molecule has 1 atom stereocenters. The minimum absolute atomic E-state index is 0.0618. The average molecular weight is 392 g/mol. The van der Waals surface area contributed by atoms with Crippen molar-refractivity contribution in [1.29, 1.82) is 0 Å². The van der Waals surface area contributed by atoms with Crippen LogP contribution in [0.15, 0.2) is 5.10 Å². The van der Waals surface area contributed by atoms with Crippen LogP contribution in [0.2, 0.25) is 0 Å². The van der Waals surface area contributed by atoms with Crippen LogP contribution in [0.1, 0.15) is 58.3 Å². The zero-order valence-electron chi connectivity index (χ0n) is 16.9. The van der Waals surface area contributed by atoms with Crippen LogP contribution in [0.25, 0.3) is 0 Å². The second-order valence-corrected chi connectivity index (χ2v) is 8.10. The number of nitrogens with zero attached hydrogens (tertiary/aromatic N) is 3. The molecule has 3 rings (SSSR count). The number of likely N-dealkylation sites (N-methyl/N-ethyl adjacent to an activating group) is 1. The molecule has 28 heavy (non-hydrogen) atoms. The van der Waals surface area contributed by atoms with E-state index in [2.05, 4.69) is 27.7 Å². The van der Waals surface area contributed by atoms with Crippen LogP contribution < -0.4 is 10.7 Å². The molecule has 2 saturated heterocycles. The van der Waals surface area contributed by atoms with E-state index in [1.54, 1.807) is 0 Å². The Bertz CT molecular complexity index is 613. The van der Waals surface area contributed by atoms with Crippen LogP contribution in [0.4, 0.5) is 0 Å². The average Bonchev–Trinajstić information content (AvgIpc) is 3.19. The van der Waals surface area contributed by atoms with E-state index >= 15 is 0 Å². The van der Waals surface area contributed by atoms with Gasteiger partial charge in [-0.25, -0.2) is 5.43 Å².